The molecule has 1 heterocycles. The van der Waals surface area contributed by atoms with E-state index in [0.29, 0.717) is 13.1 Å². The number of nitrogens with one attached hydrogen (secondary N) is 1. The smallest absolute Gasteiger partial charge is 0.0968 e. The van der Waals surface area contributed by atoms with Gasteiger partial charge in [-0.3, -0.25) is 4.68 Å². The van der Waals surface area contributed by atoms with E-state index >= 15 is 0 Å². The Balaban J connectivity index is 1.86. The number of nitrogens with zero attached hydrogens (tertiary/aromatic N) is 2. The summed E-state index contributed by atoms with van der Waals surface area (Å²) in [5.74, 6) is 0. The van der Waals surface area contributed by atoms with Gasteiger partial charge in [-0.2, -0.15) is 5.10 Å². The molecule has 2 aromatic carbocycles. The third-order valence-corrected chi connectivity index (χ3v) is 4.11. The van der Waals surface area contributed by atoms with Gasteiger partial charge in [0.15, 0.2) is 0 Å². The van der Waals surface area contributed by atoms with Crippen LogP contribution in [0.1, 0.15) is 23.6 Å². The summed E-state index contributed by atoms with van der Waals surface area (Å²) in [5, 5.41) is 17.6. The van der Waals surface area contributed by atoms with Gasteiger partial charge in [0.2, 0.25) is 0 Å². The molecule has 0 bridgehead atoms. The van der Waals surface area contributed by atoms with Gasteiger partial charge in [0, 0.05) is 30.4 Å². The van der Waals surface area contributed by atoms with E-state index in [1.54, 1.807) is 6.92 Å². The maximum atomic E-state index is 9.46. The molecule has 0 spiro atoms. The van der Waals surface area contributed by atoms with Crippen molar-refractivity contribution in [1.29, 1.82) is 0 Å². The molecule has 0 aliphatic heterocycles. The first kappa shape index (κ1) is 17.4. The van der Waals surface area contributed by atoms with E-state index in [-0.39, 0.29) is 6.10 Å². The van der Waals surface area contributed by atoms with Crippen molar-refractivity contribution in [1.82, 2.24) is 15.1 Å². The maximum Gasteiger partial charge on any atom is 0.0968 e. The van der Waals surface area contributed by atoms with Crippen LogP contribution in [-0.4, -0.2) is 27.5 Å². The van der Waals surface area contributed by atoms with Crippen LogP contribution in [0.5, 0.6) is 0 Å². The normalized spacial score (nSPS) is 12.3. The summed E-state index contributed by atoms with van der Waals surface area (Å²) >= 11 is 0. The molecular formula is C21H25N3O. The second-order valence-electron chi connectivity index (χ2n) is 6.53. The summed E-state index contributed by atoms with van der Waals surface area (Å²) in [7, 11) is 0. The highest BCUT2D eigenvalue weighted by Gasteiger charge is 2.12. The highest BCUT2D eigenvalue weighted by Crippen LogP contribution is 2.23. The lowest BCUT2D eigenvalue weighted by molar-refractivity contribution is 0.191. The summed E-state index contributed by atoms with van der Waals surface area (Å²) in [6.45, 7) is 5.87. The minimum absolute atomic E-state index is 0.359. The van der Waals surface area contributed by atoms with Gasteiger partial charge >= 0.3 is 0 Å². The van der Waals surface area contributed by atoms with Crippen molar-refractivity contribution in [3.63, 3.8) is 0 Å². The molecule has 4 heteroatoms. The van der Waals surface area contributed by atoms with E-state index in [2.05, 4.69) is 54.8 Å². The van der Waals surface area contributed by atoms with Gasteiger partial charge in [0.05, 0.1) is 18.3 Å². The van der Waals surface area contributed by atoms with E-state index in [1.165, 1.54) is 11.1 Å². The van der Waals surface area contributed by atoms with Crippen LogP contribution in [-0.2, 0) is 13.1 Å². The number of aliphatic hydroxyl groups excluding tert-OH is 1. The molecule has 0 fully saturated rings. The number of aromatic nitrogens is 2. The van der Waals surface area contributed by atoms with Gasteiger partial charge in [-0.1, -0.05) is 60.2 Å². The Bertz CT molecular complexity index is 792. The van der Waals surface area contributed by atoms with Crippen LogP contribution < -0.4 is 5.32 Å². The minimum Gasteiger partial charge on any atom is -0.392 e. The Kier molecular flexibility index (Phi) is 5.64. The minimum atomic E-state index is -0.359. The molecule has 3 rings (SSSR count). The van der Waals surface area contributed by atoms with Gasteiger partial charge in [0.1, 0.15) is 0 Å². The first-order valence-electron chi connectivity index (χ1n) is 8.68. The molecular weight excluding hydrogens is 310 g/mol. The molecule has 1 aromatic heterocycles. The first-order chi connectivity index (χ1) is 12.1. The lowest BCUT2D eigenvalue weighted by Crippen LogP contribution is -2.23. The predicted molar refractivity (Wildman–Crippen MR) is 101 cm³/mol. The fraction of sp³-hybridized carbons (Fsp3) is 0.286. The standard InChI is InChI=1S/C21H25N3O/c1-16-8-10-19(11-9-16)21-20(13-22-12-17(2)25)15-24(23-21)14-18-6-4-3-5-7-18/h3-11,15,17,22,25H,12-14H2,1-2H3. The molecule has 0 amide bonds. The van der Waals surface area contributed by atoms with Crippen molar-refractivity contribution in [3.05, 3.63) is 77.5 Å². The Hall–Kier alpha value is -2.43. The van der Waals surface area contributed by atoms with Crippen molar-refractivity contribution >= 4 is 0 Å². The molecule has 0 aliphatic carbocycles. The number of benzene rings is 2. The monoisotopic (exact) mass is 335 g/mol. The Morgan fingerprint density at radius 2 is 1.80 bits per heavy atom. The average molecular weight is 335 g/mol. The SMILES string of the molecule is Cc1ccc(-c2nn(Cc3ccccc3)cc2CNCC(C)O)cc1. The molecule has 1 unspecified atom stereocenters. The summed E-state index contributed by atoms with van der Waals surface area (Å²) in [6, 6.07) is 18.8. The molecule has 0 radical (unpaired) electrons. The molecule has 0 aliphatic rings. The van der Waals surface area contributed by atoms with E-state index in [4.69, 9.17) is 5.10 Å². The van der Waals surface area contributed by atoms with Crippen molar-refractivity contribution in [2.24, 2.45) is 0 Å². The lowest BCUT2D eigenvalue weighted by atomic mass is 10.1. The quantitative estimate of drug-likeness (QED) is 0.696. The molecule has 0 saturated heterocycles. The van der Waals surface area contributed by atoms with Crippen LogP contribution in [0.4, 0.5) is 0 Å². The van der Waals surface area contributed by atoms with E-state index in [0.717, 1.165) is 23.4 Å². The maximum absolute atomic E-state index is 9.46. The number of hydrogen-bond acceptors (Lipinski definition) is 3. The molecule has 25 heavy (non-hydrogen) atoms. The molecule has 4 nitrogen and oxygen atoms in total. The Labute approximate surface area is 149 Å². The van der Waals surface area contributed by atoms with Gasteiger partial charge in [0.25, 0.3) is 0 Å². The van der Waals surface area contributed by atoms with E-state index in [9.17, 15) is 5.11 Å². The van der Waals surface area contributed by atoms with Gasteiger partial charge in [-0.25, -0.2) is 0 Å². The van der Waals surface area contributed by atoms with Gasteiger partial charge in [-0.05, 0) is 19.4 Å². The molecule has 0 saturated carbocycles. The second-order valence-corrected chi connectivity index (χ2v) is 6.53. The fourth-order valence-corrected chi connectivity index (χ4v) is 2.81. The van der Waals surface area contributed by atoms with E-state index < -0.39 is 0 Å². The molecule has 130 valence electrons. The summed E-state index contributed by atoms with van der Waals surface area (Å²) in [5.41, 5.74) is 5.71. The Morgan fingerprint density at radius 3 is 2.48 bits per heavy atom. The number of aryl methyl sites for hydroxylation is 1. The lowest BCUT2D eigenvalue weighted by Gasteiger charge is -2.07. The third kappa shape index (κ3) is 4.78. The number of rotatable bonds is 7. The topological polar surface area (TPSA) is 50.1 Å². The van der Waals surface area contributed by atoms with Crippen LogP contribution in [0, 0.1) is 6.92 Å². The highest BCUT2D eigenvalue weighted by molar-refractivity contribution is 5.63. The summed E-state index contributed by atoms with van der Waals surface area (Å²) in [4.78, 5) is 0. The zero-order valence-corrected chi connectivity index (χ0v) is 14.8. The summed E-state index contributed by atoms with van der Waals surface area (Å²) < 4.78 is 1.99. The highest BCUT2D eigenvalue weighted by atomic mass is 16.3. The molecule has 2 N–H and O–H groups in total. The largest absolute Gasteiger partial charge is 0.392 e. The summed E-state index contributed by atoms with van der Waals surface area (Å²) in [6.07, 6.45) is 1.74. The van der Waals surface area contributed by atoms with Crippen LogP contribution in [0.2, 0.25) is 0 Å². The van der Waals surface area contributed by atoms with Gasteiger partial charge in [-0.15, -0.1) is 0 Å². The van der Waals surface area contributed by atoms with Crippen molar-refractivity contribution < 1.29 is 5.11 Å². The average Bonchev–Trinajstić information content (AvgIpc) is 2.99. The van der Waals surface area contributed by atoms with Crippen molar-refractivity contribution in [3.8, 4) is 11.3 Å². The van der Waals surface area contributed by atoms with Gasteiger partial charge < -0.3 is 10.4 Å². The first-order valence-corrected chi connectivity index (χ1v) is 8.68. The predicted octanol–water partition coefficient (Wildman–Crippen LogP) is 3.38. The zero-order chi connectivity index (χ0) is 17.6. The fourth-order valence-electron chi connectivity index (χ4n) is 2.81. The van der Waals surface area contributed by atoms with Crippen molar-refractivity contribution in [2.75, 3.05) is 6.54 Å². The van der Waals surface area contributed by atoms with Crippen LogP contribution in [0.25, 0.3) is 11.3 Å². The Morgan fingerprint density at radius 1 is 1.08 bits per heavy atom. The number of hydrogen-bond donors (Lipinski definition) is 2. The van der Waals surface area contributed by atoms with E-state index in [1.807, 2.05) is 22.9 Å². The van der Waals surface area contributed by atoms with Crippen molar-refractivity contribution in [2.45, 2.75) is 33.0 Å². The number of aliphatic hydroxyl groups is 1. The van der Waals surface area contributed by atoms with Crippen LogP contribution in [0.3, 0.4) is 0 Å². The second kappa shape index (κ2) is 8.10. The molecule has 1 atom stereocenters. The van der Waals surface area contributed by atoms with Crippen LogP contribution in [0.15, 0.2) is 60.8 Å². The third-order valence-electron chi connectivity index (χ3n) is 4.11. The van der Waals surface area contributed by atoms with Crippen LogP contribution >= 0.6 is 0 Å². The zero-order valence-electron chi connectivity index (χ0n) is 14.8. The molecule has 3 aromatic rings.